The Hall–Kier alpha value is -2.90. The summed E-state index contributed by atoms with van der Waals surface area (Å²) in [5.74, 6) is -0.354. The van der Waals surface area contributed by atoms with E-state index in [2.05, 4.69) is 43.8 Å². The number of nitrogens with zero attached hydrogens (tertiary/aromatic N) is 4. The quantitative estimate of drug-likeness (QED) is 0.423. The number of hydrogen-bond acceptors (Lipinski definition) is 9. The largest absolute Gasteiger partial charge is 0.414 e. The summed E-state index contributed by atoms with van der Waals surface area (Å²) in [6, 6.07) is 9.77. The average molecular weight is 556 g/mol. The number of hydrogen-bond donors (Lipinski definition) is 1. The lowest BCUT2D eigenvalue weighted by atomic mass is 10.1. The minimum absolute atomic E-state index is 0.00606. The number of primary amides is 1. The zero-order chi connectivity index (χ0) is 28.2. The molecule has 4 heterocycles. The van der Waals surface area contributed by atoms with Gasteiger partial charge in [0.15, 0.2) is 31.5 Å². The van der Waals surface area contributed by atoms with E-state index >= 15 is 0 Å². The Bertz CT molecular complexity index is 1360. The fourth-order valence-electron chi connectivity index (χ4n) is 4.67. The predicted octanol–water partition coefficient (Wildman–Crippen LogP) is 4.31. The Morgan fingerprint density at radius 2 is 1.82 bits per heavy atom. The van der Waals surface area contributed by atoms with Gasteiger partial charge in [-0.05, 0) is 37.5 Å². The Labute approximate surface area is 229 Å². The van der Waals surface area contributed by atoms with Gasteiger partial charge >= 0.3 is 6.09 Å². The van der Waals surface area contributed by atoms with E-state index < -0.39 is 32.5 Å². The van der Waals surface area contributed by atoms with Crippen LogP contribution in [0.4, 0.5) is 4.79 Å². The third kappa shape index (κ3) is 5.57. The average Bonchev–Trinajstić information content (AvgIpc) is 3.48. The highest BCUT2D eigenvalue weighted by Crippen LogP contribution is 2.45. The maximum atomic E-state index is 11.7. The molecule has 4 atom stereocenters. The van der Waals surface area contributed by atoms with Crippen LogP contribution in [0, 0.1) is 0 Å². The Kier molecular flexibility index (Phi) is 7.04. The first-order valence-electron chi connectivity index (χ1n) is 13.1. The second-order valence-electron chi connectivity index (χ2n) is 12.1. The van der Waals surface area contributed by atoms with Crippen molar-refractivity contribution in [3.63, 3.8) is 0 Å². The number of ether oxygens (including phenoxy) is 4. The van der Waals surface area contributed by atoms with Crippen LogP contribution in [0.1, 0.15) is 52.2 Å². The molecule has 0 bridgehead atoms. The third-order valence-corrected chi connectivity index (χ3v) is 12.2. The van der Waals surface area contributed by atoms with Crippen molar-refractivity contribution in [2.45, 2.75) is 89.5 Å². The summed E-state index contributed by atoms with van der Waals surface area (Å²) in [4.78, 5) is 25.4. The molecule has 2 aliphatic heterocycles. The molecule has 12 heteroatoms. The van der Waals surface area contributed by atoms with Crippen molar-refractivity contribution in [3.05, 3.63) is 48.0 Å². The van der Waals surface area contributed by atoms with Crippen LogP contribution < -0.4 is 10.5 Å². The fourth-order valence-corrected chi connectivity index (χ4v) is 5.68. The van der Waals surface area contributed by atoms with Crippen LogP contribution in [0.2, 0.25) is 18.1 Å². The standard InChI is InChI=1S/C27H37N5O6Si/c1-26(2,3)39(6,7)34-14-17-20-21(38-27(4,5)37-20)24(35-17)32-15-29-19-22(32)30-18(31-23(19)36-25(28)33)13-16-11-9-8-10-12-16/h8-12,15,17,20-21,24H,13-14H2,1-7H3,(H2,28,33)/t17-,20-,21-,24-/m1/s1. The van der Waals surface area contributed by atoms with Crippen molar-refractivity contribution in [1.29, 1.82) is 0 Å². The molecule has 2 fully saturated rings. The van der Waals surface area contributed by atoms with Gasteiger partial charge in [-0.2, -0.15) is 4.98 Å². The smallest absolute Gasteiger partial charge is 0.411 e. The number of benzene rings is 1. The summed E-state index contributed by atoms with van der Waals surface area (Å²) in [5.41, 5.74) is 7.07. The van der Waals surface area contributed by atoms with Crippen molar-refractivity contribution in [1.82, 2.24) is 19.5 Å². The van der Waals surface area contributed by atoms with E-state index in [4.69, 9.17) is 34.1 Å². The first kappa shape index (κ1) is 27.7. The van der Waals surface area contributed by atoms with Gasteiger partial charge < -0.3 is 29.1 Å². The summed E-state index contributed by atoms with van der Waals surface area (Å²) in [6.07, 6.45) is -0.713. The van der Waals surface area contributed by atoms with E-state index in [0.717, 1.165) is 5.56 Å². The molecule has 3 aromatic rings. The van der Waals surface area contributed by atoms with E-state index in [1.165, 1.54) is 0 Å². The lowest BCUT2D eigenvalue weighted by Crippen LogP contribution is -2.44. The molecule has 1 aromatic carbocycles. The molecule has 5 rings (SSSR count). The Balaban J connectivity index is 1.50. The van der Waals surface area contributed by atoms with Gasteiger partial charge in [-0.25, -0.2) is 14.8 Å². The summed E-state index contributed by atoms with van der Waals surface area (Å²) in [7, 11) is -2.03. The lowest BCUT2D eigenvalue weighted by molar-refractivity contribution is -0.199. The van der Waals surface area contributed by atoms with Crippen LogP contribution in [-0.4, -0.2) is 64.6 Å². The van der Waals surface area contributed by atoms with E-state index in [9.17, 15) is 4.79 Å². The molecular formula is C27H37N5O6Si. The molecule has 1 amide bonds. The van der Waals surface area contributed by atoms with Crippen molar-refractivity contribution >= 4 is 25.6 Å². The monoisotopic (exact) mass is 555 g/mol. The van der Waals surface area contributed by atoms with Gasteiger partial charge in [-0.3, -0.25) is 4.57 Å². The van der Waals surface area contributed by atoms with E-state index in [1.54, 1.807) is 10.9 Å². The van der Waals surface area contributed by atoms with Crippen LogP contribution in [-0.2, 0) is 25.1 Å². The van der Waals surface area contributed by atoms with E-state index in [0.29, 0.717) is 30.0 Å². The molecule has 2 saturated heterocycles. The van der Waals surface area contributed by atoms with Crippen LogP contribution in [0.25, 0.3) is 11.2 Å². The number of nitrogens with two attached hydrogens (primary N) is 1. The van der Waals surface area contributed by atoms with Crippen LogP contribution in [0.15, 0.2) is 36.7 Å². The van der Waals surface area contributed by atoms with Gasteiger partial charge in [0.25, 0.3) is 5.88 Å². The minimum atomic E-state index is -2.03. The molecule has 0 radical (unpaired) electrons. The number of rotatable bonds is 7. The SMILES string of the molecule is CC1(C)O[C@@H]2[C@H](O1)[C@@H](CO[Si](C)(C)C(C)(C)C)O[C@H]2n1cnc2c(OC(N)=O)nc(Cc3ccccc3)nc21. The second-order valence-corrected chi connectivity index (χ2v) is 16.9. The Morgan fingerprint density at radius 3 is 2.49 bits per heavy atom. The molecule has 11 nitrogen and oxygen atoms in total. The second kappa shape index (κ2) is 9.93. The van der Waals surface area contributed by atoms with Crippen molar-refractivity contribution < 1.29 is 28.2 Å². The topological polar surface area (TPSA) is 133 Å². The molecule has 2 aliphatic rings. The van der Waals surface area contributed by atoms with Gasteiger partial charge in [0, 0.05) is 6.42 Å². The number of carbonyl (C=O) groups excluding carboxylic acids is 1. The lowest BCUT2D eigenvalue weighted by Gasteiger charge is -2.37. The van der Waals surface area contributed by atoms with Gasteiger partial charge in [0.2, 0.25) is 0 Å². The van der Waals surface area contributed by atoms with Gasteiger partial charge in [0.1, 0.15) is 24.1 Å². The predicted molar refractivity (Wildman–Crippen MR) is 146 cm³/mol. The zero-order valence-electron chi connectivity index (χ0n) is 23.5. The van der Waals surface area contributed by atoms with Crippen LogP contribution in [0.3, 0.4) is 0 Å². The zero-order valence-corrected chi connectivity index (χ0v) is 24.5. The first-order valence-corrected chi connectivity index (χ1v) is 16.0. The van der Waals surface area contributed by atoms with E-state index in [1.807, 2.05) is 44.2 Å². The van der Waals surface area contributed by atoms with Gasteiger partial charge in [-0.15, -0.1) is 0 Å². The summed E-state index contributed by atoms with van der Waals surface area (Å²) >= 11 is 0. The van der Waals surface area contributed by atoms with Gasteiger partial charge in [0.05, 0.1) is 12.9 Å². The highest BCUT2D eigenvalue weighted by molar-refractivity contribution is 6.74. The molecule has 2 aromatic heterocycles. The maximum absolute atomic E-state index is 11.7. The maximum Gasteiger partial charge on any atom is 0.411 e. The molecular weight excluding hydrogens is 518 g/mol. The highest BCUT2D eigenvalue weighted by Gasteiger charge is 2.56. The molecule has 0 aliphatic carbocycles. The number of imidazole rings is 1. The van der Waals surface area contributed by atoms with Crippen LogP contribution >= 0.6 is 0 Å². The van der Waals surface area contributed by atoms with Gasteiger partial charge in [-0.1, -0.05) is 51.1 Å². The van der Waals surface area contributed by atoms with E-state index in [-0.39, 0.29) is 23.1 Å². The molecule has 39 heavy (non-hydrogen) atoms. The van der Waals surface area contributed by atoms with Crippen molar-refractivity contribution in [3.8, 4) is 5.88 Å². The molecule has 0 spiro atoms. The summed E-state index contributed by atoms with van der Waals surface area (Å²) < 4.78 is 32.7. The first-order chi connectivity index (χ1) is 18.2. The number of carbonyl (C=O) groups is 1. The molecule has 0 unspecified atom stereocenters. The number of fused-ring (bicyclic) bond motifs is 2. The van der Waals surface area contributed by atoms with Crippen molar-refractivity contribution in [2.75, 3.05) is 6.61 Å². The van der Waals surface area contributed by atoms with Crippen LogP contribution in [0.5, 0.6) is 5.88 Å². The highest BCUT2D eigenvalue weighted by atomic mass is 28.4. The summed E-state index contributed by atoms with van der Waals surface area (Å²) in [5, 5.41) is 0.0557. The molecule has 0 saturated carbocycles. The third-order valence-electron chi connectivity index (χ3n) is 7.65. The molecule has 210 valence electrons. The Morgan fingerprint density at radius 1 is 1.13 bits per heavy atom. The fraction of sp³-hybridized carbons (Fsp3) is 0.556. The minimum Gasteiger partial charge on any atom is -0.414 e. The van der Waals surface area contributed by atoms with Crippen molar-refractivity contribution in [2.24, 2.45) is 5.73 Å². The normalized spacial score (nSPS) is 24.7. The summed E-state index contributed by atoms with van der Waals surface area (Å²) in [6.45, 7) is 15.2. The number of amides is 1. The molecule has 2 N–H and O–H groups in total. The number of aromatic nitrogens is 4.